The monoisotopic (exact) mass is 353 g/mol. The second kappa shape index (κ2) is 7.77. The highest BCUT2D eigenvalue weighted by Crippen LogP contribution is 2.21. The minimum absolute atomic E-state index is 0.513. The van der Waals surface area contributed by atoms with Gasteiger partial charge in [0.05, 0.1) is 19.4 Å². The van der Waals surface area contributed by atoms with Crippen molar-refractivity contribution in [2.75, 3.05) is 43.1 Å². The van der Waals surface area contributed by atoms with Gasteiger partial charge in [-0.05, 0) is 24.1 Å². The lowest BCUT2D eigenvalue weighted by atomic mass is 10.1. The van der Waals surface area contributed by atoms with Crippen molar-refractivity contribution in [2.45, 2.75) is 6.42 Å². The maximum Gasteiger partial charge on any atom is 0.244 e. The number of ether oxygens (including phenoxy) is 1. The number of aromatic nitrogens is 3. The molecule has 0 unspecified atom stereocenters. The van der Waals surface area contributed by atoms with Crippen molar-refractivity contribution >= 4 is 35.0 Å². The Bertz CT molecular complexity index is 664. The van der Waals surface area contributed by atoms with Crippen LogP contribution in [0.3, 0.4) is 0 Å². The summed E-state index contributed by atoms with van der Waals surface area (Å²) in [6.07, 6.45) is 2.42. The van der Waals surface area contributed by atoms with Gasteiger partial charge in [0.25, 0.3) is 0 Å². The highest BCUT2D eigenvalue weighted by molar-refractivity contribution is 6.35. The molecule has 122 valence electrons. The van der Waals surface area contributed by atoms with Crippen LogP contribution in [0.15, 0.2) is 24.4 Å². The lowest BCUT2D eigenvalue weighted by Gasteiger charge is -2.27. The van der Waals surface area contributed by atoms with Crippen molar-refractivity contribution in [1.29, 1.82) is 0 Å². The summed E-state index contributed by atoms with van der Waals surface area (Å²) in [5.41, 5.74) is 1.03. The Morgan fingerprint density at radius 3 is 2.83 bits per heavy atom. The predicted molar refractivity (Wildman–Crippen MR) is 91.5 cm³/mol. The predicted octanol–water partition coefficient (Wildman–Crippen LogP) is 2.67. The molecule has 8 heteroatoms. The standard InChI is InChI=1S/C15H17Cl2N5O/c16-12-2-1-11(13(17)9-12)3-4-18-15-20-14(10-19-21-15)22-5-7-23-8-6-22/h1-2,9-10H,3-8H2,(H,18,20,21). The van der Waals surface area contributed by atoms with Crippen LogP contribution in [0.5, 0.6) is 0 Å². The topological polar surface area (TPSA) is 63.2 Å². The molecule has 0 atom stereocenters. The Morgan fingerprint density at radius 1 is 1.22 bits per heavy atom. The number of halogens is 2. The molecule has 0 bridgehead atoms. The van der Waals surface area contributed by atoms with E-state index in [4.69, 9.17) is 27.9 Å². The molecular formula is C15H17Cl2N5O. The Kier molecular flexibility index (Phi) is 5.48. The maximum atomic E-state index is 6.16. The molecule has 2 aromatic rings. The van der Waals surface area contributed by atoms with Gasteiger partial charge in [-0.15, -0.1) is 5.10 Å². The minimum atomic E-state index is 0.513. The Balaban J connectivity index is 1.57. The first-order chi connectivity index (χ1) is 11.2. The molecule has 1 N–H and O–H groups in total. The van der Waals surface area contributed by atoms with Gasteiger partial charge in [0, 0.05) is 29.7 Å². The van der Waals surface area contributed by atoms with E-state index in [2.05, 4.69) is 25.4 Å². The largest absolute Gasteiger partial charge is 0.378 e. The van der Waals surface area contributed by atoms with Crippen molar-refractivity contribution in [1.82, 2.24) is 15.2 Å². The third-order valence-electron chi connectivity index (χ3n) is 3.57. The lowest BCUT2D eigenvalue weighted by Crippen LogP contribution is -2.37. The smallest absolute Gasteiger partial charge is 0.244 e. The molecule has 1 aliphatic rings. The van der Waals surface area contributed by atoms with Crippen LogP contribution >= 0.6 is 23.2 Å². The molecule has 3 rings (SSSR count). The third kappa shape index (κ3) is 4.43. The van der Waals surface area contributed by atoms with Crippen molar-refractivity contribution < 1.29 is 4.74 Å². The molecule has 6 nitrogen and oxygen atoms in total. The molecular weight excluding hydrogens is 337 g/mol. The second-order valence-electron chi connectivity index (χ2n) is 5.15. The quantitative estimate of drug-likeness (QED) is 0.891. The van der Waals surface area contributed by atoms with Crippen molar-refractivity contribution in [3.05, 3.63) is 40.0 Å². The van der Waals surface area contributed by atoms with E-state index in [1.54, 1.807) is 12.3 Å². The van der Waals surface area contributed by atoms with E-state index < -0.39 is 0 Å². The van der Waals surface area contributed by atoms with E-state index in [1.807, 2.05) is 12.1 Å². The Hall–Kier alpha value is -1.63. The summed E-state index contributed by atoms with van der Waals surface area (Å²) < 4.78 is 5.34. The van der Waals surface area contributed by atoms with Gasteiger partial charge in [-0.2, -0.15) is 10.1 Å². The summed E-state index contributed by atoms with van der Waals surface area (Å²) >= 11 is 12.1. The number of nitrogens with zero attached hydrogens (tertiary/aromatic N) is 4. The zero-order chi connectivity index (χ0) is 16.1. The average Bonchev–Trinajstić information content (AvgIpc) is 2.58. The number of hydrogen-bond acceptors (Lipinski definition) is 6. The number of nitrogens with one attached hydrogen (secondary N) is 1. The van der Waals surface area contributed by atoms with Crippen LogP contribution in [-0.4, -0.2) is 48.0 Å². The fraction of sp³-hybridized carbons (Fsp3) is 0.400. The molecule has 1 aliphatic heterocycles. The summed E-state index contributed by atoms with van der Waals surface area (Å²) in [5, 5.41) is 12.5. The third-order valence-corrected chi connectivity index (χ3v) is 4.16. The first-order valence-electron chi connectivity index (χ1n) is 7.42. The van der Waals surface area contributed by atoms with E-state index in [-0.39, 0.29) is 0 Å². The Labute approximate surface area is 144 Å². The van der Waals surface area contributed by atoms with Gasteiger partial charge in [-0.25, -0.2) is 0 Å². The van der Waals surface area contributed by atoms with Gasteiger partial charge < -0.3 is 15.0 Å². The highest BCUT2D eigenvalue weighted by atomic mass is 35.5. The summed E-state index contributed by atoms with van der Waals surface area (Å²) in [6, 6.07) is 5.50. The van der Waals surface area contributed by atoms with E-state index in [9.17, 15) is 0 Å². The summed E-state index contributed by atoms with van der Waals surface area (Å²) in [6.45, 7) is 3.72. The number of morpholine rings is 1. The molecule has 1 saturated heterocycles. The van der Waals surface area contributed by atoms with Gasteiger partial charge in [0.15, 0.2) is 5.82 Å². The van der Waals surface area contributed by atoms with Crippen LogP contribution in [-0.2, 0) is 11.2 Å². The molecule has 0 aliphatic carbocycles. The molecule has 0 spiro atoms. The van der Waals surface area contributed by atoms with Crippen LogP contribution in [0.2, 0.25) is 10.0 Å². The number of hydrogen-bond donors (Lipinski definition) is 1. The van der Waals surface area contributed by atoms with Gasteiger partial charge in [0.2, 0.25) is 5.95 Å². The molecule has 0 saturated carbocycles. The van der Waals surface area contributed by atoms with Crippen LogP contribution in [0.1, 0.15) is 5.56 Å². The lowest BCUT2D eigenvalue weighted by molar-refractivity contribution is 0.122. The van der Waals surface area contributed by atoms with E-state index in [0.29, 0.717) is 35.8 Å². The van der Waals surface area contributed by atoms with Crippen LogP contribution in [0, 0.1) is 0 Å². The highest BCUT2D eigenvalue weighted by Gasteiger charge is 2.13. The maximum absolute atomic E-state index is 6.16. The molecule has 2 heterocycles. The average molecular weight is 354 g/mol. The number of benzene rings is 1. The van der Waals surface area contributed by atoms with Crippen LogP contribution < -0.4 is 10.2 Å². The van der Waals surface area contributed by atoms with Gasteiger partial charge in [-0.3, -0.25) is 0 Å². The second-order valence-corrected chi connectivity index (χ2v) is 5.99. The molecule has 23 heavy (non-hydrogen) atoms. The molecule has 1 aromatic carbocycles. The first kappa shape index (κ1) is 16.2. The van der Waals surface area contributed by atoms with E-state index in [0.717, 1.165) is 30.9 Å². The van der Waals surface area contributed by atoms with E-state index in [1.165, 1.54) is 0 Å². The summed E-state index contributed by atoms with van der Waals surface area (Å²) in [4.78, 5) is 6.63. The summed E-state index contributed by atoms with van der Waals surface area (Å²) in [7, 11) is 0. The van der Waals surface area contributed by atoms with Gasteiger partial charge in [0.1, 0.15) is 0 Å². The SMILES string of the molecule is Clc1ccc(CCNc2nncc(N3CCOCC3)n2)c(Cl)c1. The van der Waals surface area contributed by atoms with Crippen molar-refractivity contribution in [3.8, 4) is 0 Å². The van der Waals surface area contributed by atoms with Crippen LogP contribution in [0.4, 0.5) is 11.8 Å². The fourth-order valence-electron chi connectivity index (χ4n) is 2.35. The molecule has 0 radical (unpaired) electrons. The molecule has 1 aromatic heterocycles. The molecule has 1 fully saturated rings. The first-order valence-corrected chi connectivity index (χ1v) is 8.18. The van der Waals surface area contributed by atoms with Gasteiger partial charge in [-0.1, -0.05) is 29.3 Å². The number of anilines is 2. The minimum Gasteiger partial charge on any atom is -0.378 e. The fourth-order valence-corrected chi connectivity index (χ4v) is 2.85. The molecule has 0 amide bonds. The van der Waals surface area contributed by atoms with E-state index >= 15 is 0 Å². The zero-order valence-corrected chi connectivity index (χ0v) is 14.0. The van der Waals surface area contributed by atoms with Crippen molar-refractivity contribution in [2.24, 2.45) is 0 Å². The number of rotatable bonds is 5. The van der Waals surface area contributed by atoms with Gasteiger partial charge >= 0.3 is 0 Å². The van der Waals surface area contributed by atoms with Crippen molar-refractivity contribution in [3.63, 3.8) is 0 Å². The van der Waals surface area contributed by atoms with Crippen LogP contribution in [0.25, 0.3) is 0 Å². The normalized spacial score (nSPS) is 14.8. The Morgan fingerprint density at radius 2 is 2.04 bits per heavy atom. The summed E-state index contributed by atoms with van der Waals surface area (Å²) in [5.74, 6) is 1.33. The zero-order valence-electron chi connectivity index (χ0n) is 12.5.